The van der Waals surface area contributed by atoms with E-state index >= 15 is 0 Å². The number of ether oxygens (including phenoxy) is 1. The highest BCUT2D eigenvalue weighted by atomic mass is 16.6. The Morgan fingerprint density at radius 3 is 2.78 bits per heavy atom. The minimum Gasteiger partial charge on any atom is -0.461 e. The molecule has 1 aromatic carbocycles. The predicted octanol–water partition coefficient (Wildman–Crippen LogP) is 0.986. The Balaban J connectivity index is 2.12. The number of aryl methyl sites for hydroxylation is 1. The summed E-state index contributed by atoms with van der Waals surface area (Å²) in [5, 5.41) is 14.7. The molecule has 0 spiro atoms. The summed E-state index contributed by atoms with van der Waals surface area (Å²) in [6.45, 7) is 4.86. The molecule has 0 fully saturated rings. The summed E-state index contributed by atoms with van der Waals surface area (Å²) in [4.78, 5) is 18.8. The largest absolute Gasteiger partial charge is 0.461 e. The van der Waals surface area contributed by atoms with E-state index in [0.29, 0.717) is 6.54 Å². The van der Waals surface area contributed by atoms with Crippen molar-refractivity contribution in [2.45, 2.75) is 33.4 Å². The van der Waals surface area contributed by atoms with Gasteiger partial charge in [0.25, 0.3) is 5.71 Å². The van der Waals surface area contributed by atoms with Gasteiger partial charge in [0.05, 0.1) is 11.7 Å². The molecule has 0 aliphatic rings. The monoisotopic (exact) mass is 318 g/mol. The van der Waals surface area contributed by atoms with Gasteiger partial charge in [-0.1, -0.05) is 47.2 Å². The van der Waals surface area contributed by atoms with E-state index in [2.05, 4.69) is 20.6 Å². The number of benzene rings is 1. The van der Waals surface area contributed by atoms with Crippen molar-refractivity contribution in [1.82, 2.24) is 15.4 Å². The molecule has 8 heteroatoms. The van der Waals surface area contributed by atoms with Crippen LogP contribution < -0.4 is 4.80 Å². The average molecular weight is 318 g/mol. The summed E-state index contributed by atoms with van der Waals surface area (Å²) in [6, 6.07) is 9.52. The van der Waals surface area contributed by atoms with Gasteiger partial charge in [-0.15, -0.1) is 0 Å². The SMILES string of the molecule is CCC[n+]1nc(C(=NOCc2ccccc2)C(=O)OCC)n[nH]1. The molecule has 122 valence electrons. The second-order valence-electron chi connectivity index (χ2n) is 4.68. The Hall–Kier alpha value is -2.77. The number of nitrogens with zero attached hydrogens (tertiary/aromatic N) is 4. The van der Waals surface area contributed by atoms with Gasteiger partial charge in [-0.3, -0.25) is 0 Å². The summed E-state index contributed by atoms with van der Waals surface area (Å²) >= 11 is 0. The molecule has 2 aromatic rings. The lowest BCUT2D eigenvalue weighted by molar-refractivity contribution is -0.805. The fourth-order valence-corrected chi connectivity index (χ4v) is 1.79. The molecule has 0 aliphatic carbocycles. The van der Waals surface area contributed by atoms with E-state index in [9.17, 15) is 4.79 Å². The number of aromatic amines is 1. The second kappa shape index (κ2) is 8.62. The van der Waals surface area contributed by atoms with E-state index < -0.39 is 5.97 Å². The fraction of sp³-hybridized carbons (Fsp3) is 0.400. The summed E-state index contributed by atoms with van der Waals surface area (Å²) in [5.74, 6) is -0.479. The minimum absolute atomic E-state index is 0.0612. The van der Waals surface area contributed by atoms with Crippen LogP contribution in [0.2, 0.25) is 0 Å². The van der Waals surface area contributed by atoms with Crippen LogP contribution in [0.25, 0.3) is 0 Å². The number of aromatic nitrogens is 4. The molecule has 23 heavy (non-hydrogen) atoms. The Morgan fingerprint density at radius 2 is 2.09 bits per heavy atom. The van der Waals surface area contributed by atoms with Crippen molar-refractivity contribution in [3.63, 3.8) is 0 Å². The average Bonchev–Trinajstić information content (AvgIpc) is 3.01. The van der Waals surface area contributed by atoms with Crippen molar-refractivity contribution in [3.05, 3.63) is 41.7 Å². The van der Waals surface area contributed by atoms with Crippen LogP contribution >= 0.6 is 0 Å². The Morgan fingerprint density at radius 1 is 1.30 bits per heavy atom. The molecular formula is C15H20N5O3+. The first-order valence-corrected chi connectivity index (χ1v) is 7.48. The van der Waals surface area contributed by atoms with Gasteiger partial charge in [0, 0.05) is 0 Å². The van der Waals surface area contributed by atoms with Gasteiger partial charge in [0.1, 0.15) is 13.2 Å². The lowest BCUT2D eigenvalue weighted by atomic mass is 10.2. The summed E-state index contributed by atoms with van der Waals surface area (Å²) < 4.78 is 4.98. The molecule has 1 N–H and O–H groups in total. The number of rotatable bonds is 8. The number of carbonyl (C=O) groups excluding carboxylic acids is 1. The molecule has 0 amide bonds. The maximum Gasteiger partial charge on any atom is 0.367 e. The number of hydrogen-bond acceptors (Lipinski definition) is 6. The van der Waals surface area contributed by atoms with Crippen LogP contribution in [0.15, 0.2) is 35.5 Å². The quantitative estimate of drug-likeness (QED) is 0.339. The lowest BCUT2D eigenvalue weighted by Crippen LogP contribution is -2.39. The number of oxime groups is 1. The predicted molar refractivity (Wildman–Crippen MR) is 81.3 cm³/mol. The van der Waals surface area contributed by atoms with Crippen LogP contribution in [-0.2, 0) is 27.5 Å². The van der Waals surface area contributed by atoms with Crippen LogP contribution in [0.5, 0.6) is 0 Å². The third-order valence-electron chi connectivity index (χ3n) is 2.83. The third-order valence-corrected chi connectivity index (χ3v) is 2.83. The Labute approximate surface area is 134 Å². The normalized spacial score (nSPS) is 11.3. The van der Waals surface area contributed by atoms with Gasteiger partial charge >= 0.3 is 11.8 Å². The number of carbonyl (C=O) groups is 1. The standard InChI is InChI=1S/C15H19N5O3/c1-3-10-20-17-14(16-19-20)13(15(21)22-4-2)18-23-11-12-8-6-5-7-9-12/h5-9H,3-4,10-11H2,1-2H3/p+1. The summed E-state index contributed by atoms with van der Waals surface area (Å²) in [7, 11) is 0. The van der Waals surface area contributed by atoms with E-state index in [-0.39, 0.29) is 24.7 Å². The molecule has 0 unspecified atom stereocenters. The first-order valence-electron chi connectivity index (χ1n) is 7.48. The zero-order valence-electron chi connectivity index (χ0n) is 13.2. The molecule has 1 aromatic heterocycles. The molecule has 1 heterocycles. The highest BCUT2D eigenvalue weighted by Gasteiger charge is 2.27. The van der Waals surface area contributed by atoms with Crippen molar-refractivity contribution >= 4 is 11.7 Å². The molecule has 2 rings (SSSR count). The third kappa shape index (κ3) is 4.87. The molecule has 0 aliphatic heterocycles. The van der Waals surface area contributed by atoms with Crippen molar-refractivity contribution < 1.29 is 19.2 Å². The van der Waals surface area contributed by atoms with E-state index in [1.807, 2.05) is 37.3 Å². The smallest absolute Gasteiger partial charge is 0.367 e. The molecule has 0 atom stereocenters. The zero-order chi connectivity index (χ0) is 16.5. The summed E-state index contributed by atoms with van der Waals surface area (Å²) in [6.07, 6.45) is 0.885. The molecule has 0 saturated heterocycles. The first kappa shape index (κ1) is 16.6. The van der Waals surface area contributed by atoms with Crippen molar-refractivity contribution in [1.29, 1.82) is 0 Å². The van der Waals surface area contributed by atoms with E-state index in [4.69, 9.17) is 9.57 Å². The number of tetrazole rings is 1. The van der Waals surface area contributed by atoms with Crippen molar-refractivity contribution in [2.75, 3.05) is 6.61 Å². The van der Waals surface area contributed by atoms with Crippen molar-refractivity contribution in [3.8, 4) is 0 Å². The van der Waals surface area contributed by atoms with Gasteiger partial charge < -0.3 is 9.57 Å². The van der Waals surface area contributed by atoms with E-state index in [1.165, 1.54) is 4.80 Å². The molecule has 8 nitrogen and oxygen atoms in total. The van der Waals surface area contributed by atoms with Gasteiger partial charge in [-0.05, 0) is 29.2 Å². The number of esters is 1. The highest BCUT2D eigenvalue weighted by Crippen LogP contribution is 2.02. The molecule has 0 bridgehead atoms. The number of H-pyrrole nitrogens is 1. The number of hydrogen-bond donors (Lipinski definition) is 1. The minimum atomic E-state index is -0.622. The van der Waals surface area contributed by atoms with E-state index in [0.717, 1.165) is 12.0 Å². The lowest BCUT2D eigenvalue weighted by Gasteiger charge is -2.02. The van der Waals surface area contributed by atoms with Crippen LogP contribution in [0, 0.1) is 0 Å². The van der Waals surface area contributed by atoms with Crippen LogP contribution in [0.1, 0.15) is 31.7 Å². The maximum absolute atomic E-state index is 12.0. The fourth-order valence-electron chi connectivity index (χ4n) is 1.79. The van der Waals surface area contributed by atoms with Gasteiger partial charge in [-0.2, -0.15) is 0 Å². The topological polar surface area (TPSA) is 93.3 Å². The Bertz CT molecular complexity index is 654. The van der Waals surface area contributed by atoms with Crippen LogP contribution in [0.3, 0.4) is 0 Å². The van der Waals surface area contributed by atoms with Crippen molar-refractivity contribution in [2.24, 2.45) is 5.16 Å². The highest BCUT2D eigenvalue weighted by molar-refractivity contribution is 6.41. The first-order chi connectivity index (χ1) is 11.2. The zero-order valence-corrected chi connectivity index (χ0v) is 13.2. The van der Waals surface area contributed by atoms with E-state index in [1.54, 1.807) is 6.92 Å². The maximum atomic E-state index is 12.0. The van der Waals surface area contributed by atoms with Gasteiger partial charge in [0.2, 0.25) is 0 Å². The van der Waals surface area contributed by atoms with Gasteiger partial charge in [0.15, 0.2) is 0 Å². The summed E-state index contributed by atoms with van der Waals surface area (Å²) in [5.41, 5.74) is 0.879. The number of nitrogens with one attached hydrogen (secondary N) is 1. The van der Waals surface area contributed by atoms with Crippen LogP contribution in [-0.4, -0.2) is 33.7 Å². The molecule has 0 saturated carbocycles. The second-order valence-corrected chi connectivity index (χ2v) is 4.68. The molecular weight excluding hydrogens is 298 g/mol. The van der Waals surface area contributed by atoms with Crippen LogP contribution in [0.4, 0.5) is 0 Å². The van der Waals surface area contributed by atoms with Gasteiger partial charge in [-0.25, -0.2) is 4.79 Å². The Kier molecular flexibility index (Phi) is 6.22. The molecule has 0 radical (unpaired) electrons.